The maximum absolute atomic E-state index is 12.8. The van der Waals surface area contributed by atoms with Crippen LogP contribution in [0, 0.1) is 0 Å². The number of hydrogen-bond acceptors (Lipinski definition) is 6. The molecule has 172 valence electrons. The molecule has 0 unspecified atom stereocenters. The van der Waals surface area contributed by atoms with Gasteiger partial charge in [0, 0.05) is 44.5 Å². The van der Waals surface area contributed by atoms with E-state index in [1.54, 1.807) is 26.5 Å². The molecule has 8 nitrogen and oxygen atoms in total. The summed E-state index contributed by atoms with van der Waals surface area (Å²) in [7, 11) is 4.76. The van der Waals surface area contributed by atoms with Crippen molar-refractivity contribution in [3.05, 3.63) is 51.4 Å². The third kappa shape index (κ3) is 4.60. The predicted molar refractivity (Wildman–Crippen MR) is 120 cm³/mol. The fourth-order valence-electron chi connectivity index (χ4n) is 4.55. The SMILES string of the molecule is COc1cc2c(cc1OC)CN(Cc1cc(=O)c(OC)cn1CC(=O)N1CCCC1)CC2. The number of methoxy groups -OCH3 is 3. The largest absolute Gasteiger partial charge is 0.493 e. The van der Waals surface area contributed by atoms with Gasteiger partial charge in [-0.1, -0.05) is 0 Å². The molecule has 0 N–H and O–H groups in total. The Morgan fingerprint density at radius 1 is 0.906 bits per heavy atom. The number of amides is 1. The summed E-state index contributed by atoms with van der Waals surface area (Å²) in [5, 5.41) is 0. The van der Waals surface area contributed by atoms with Gasteiger partial charge in [0.2, 0.25) is 11.3 Å². The lowest BCUT2D eigenvalue weighted by Gasteiger charge is -2.30. The van der Waals surface area contributed by atoms with Gasteiger partial charge in [-0.2, -0.15) is 0 Å². The maximum Gasteiger partial charge on any atom is 0.242 e. The molecular weight excluding hydrogens is 410 g/mol. The molecule has 1 amide bonds. The van der Waals surface area contributed by atoms with Crippen LogP contribution in [0.3, 0.4) is 0 Å². The van der Waals surface area contributed by atoms with Gasteiger partial charge in [0.25, 0.3) is 0 Å². The van der Waals surface area contributed by atoms with E-state index in [0.29, 0.717) is 12.3 Å². The van der Waals surface area contributed by atoms with Crippen molar-refractivity contribution in [2.24, 2.45) is 0 Å². The van der Waals surface area contributed by atoms with E-state index in [-0.39, 0.29) is 23.6 Å². The van der Waals surface area contributed by atoms with E-state index in [1.807, 2.05) is 21.6 Å². The van der Waals surface area contributed by atoms with Crippen molar-refractivity contribution < 1.29 is 19.0 Å². The number of likely N-dealkylation sites (tertiary alicyclic amines) is 1. The molecule has 1 aromatic carbocycles. The average molecular weight is 442 g/mol. The second kappa shape index (κ2) is 9.65. The minimum atomic E-state index is -0.170. The smallest absolute Gasteiger partial charge is 0.242 e. The molecule has 0 bridgehead atoms. The number of aromatic nitrogens is 1. The number of fused-ring (bicyclic) bond motifs is 1. The van der Waals surface area contributed by atoms with Gasteiger partial charge in [-0.15, -0.1) is 0 Å². The second-order valence-electron chi connectivity index (χ2n) is 8.35. The Hall–Kier alpha value is -3.00. The van der Waals surface area contributed by atoms with Crippen molar-refractivity contribution >= 4 is 5.91 Å². The van der Waals surface area contributed by atoms with Gasteiger partial charge >= 0.3 is 0 Å². The molecule has 4 rings (SSSR count). The highest BCUT2D eigenvalue weighted by Gasteiger charge is 2.23. The highest BCUT2D eigenvalue weighted by atomic mass is 16.5. The summed E-state index contributed by atoms with van der Waals surface area (Å²) in [6, 6.07) is 5.67. The molecule has 0 radical (unpaired) electrons. The van der Waals surface area contributed by atoms with Gasteiger partial charge in [0.1, 0.15) is 6.54 Å². The predicted octanol–water partition coefficient (Wildman–Crippen LogP) is 2.05. The number of ether oxygens (including phenoxy) is 3. The van der Waals surface area contributed by atoms with Gasteiger partial charge in [-0.05, 0) is 42.5 Å². The van der Waals surface area contributed by atoms with Gasteiger partial charge < -0.3 is 23.7 Å². The Morgan fingerprint density at radius 3 is 2.22 bits per heavy atom. The molecule has 0 aliphatic carbocycles. The molecule has 3 heterocycles. The van der Waals surface area contributed by atoms with Crippen molar-refractivity contribution in [3.63, 3.8) is 0 Å². The first kappa shape index (κ1) is 22.2. The van der Waals surface area contributed by atoms with E-state index >= 15 is 0 Å². The zero-order valence-corrected chi connectivity index (χ0v) is 19.1. The number of nitrogens with zero attached hydrogens (tertiary/aromatic N) is 3. The van der Waals surface area contributed by atoms with Gasteiger partial charge in [-0.25, -0.2) is 0 Å². The number of carbonyl (C=O) groups is 1. The molecule has 0 spiro atoms. The normalized spacial score (nSPS) is 16.0. The number of pyridine rings is 1. The highest BCUT2D eigenvalue weighted by molar-refractivity contribution is 5.76. The fourth-order valence-corrected chi connectivity index (χ4v) is 4.55. The lowest BCUT2D eigenvalue weighted by atomic mass is 9.98. The summed E-state index contributed by atoms with van der Waals surface area (Å²) >= 11 is 0. The van der Waals surface area contributed by atoms with E-state index < -0.39 is 0 Å². The molecule has 2 aliphatic rings. The second-order valence-corrected chi connectivity index (χ2v) is 8.35. The lowest BCUT2D eigenvalue weighted by Crippen LogP contribution is -2.35. The molecule has 1 saturated heterocycles. The molecule has 1 aromatic heterocycles. The van der Waals surface area contributed by atoms with Crippen LogP contribution < -0.4 is 19.6 Å². The number of hydrogen-bond donors (Lipinski definition) is 0. The summed E-state index contributed by atoms with van der Waals surface area (Å²) in [4.78, 5) is 29.4. The summed E-state index contributed by atoms with van der Waals surface area (Å²) in [6.45, 7) is 3.97. The topological polar surface area (TPSA) is 73.2 Å². The molecule has 2 aliphatic heterocycles. The first-order chi connectivity index (χ1) is 15.5. The van der Waals surface area contributed by atoms with Gasteiger partial charge in [0.15, 0.2) is 17.2 Å². The van der Waals surface area contributed by atoms with Crippen molar-refractivity contribution in [2.75, 3.05) is 41.0 Å². The summed E-state index contributed by atoms with van der Waals surface area (Å²) in [5.41, 5.74) is 3.07. The zero-order valence-electron chi connectivity index (χ0n) is 19.1. The maximum atomic E-state index is 12.8. The number of carbonyl (C=O) groups excluding carboxylic acids is 1. The van der Waals surface area contributed by atoms with Crippen molar-refractivity contribution in [1.29, 1.82) is 0 Å². The lowest BCUT2D eigenvalue weighted by molar-refractivity contribution is -0.130. The minimum Gasteiger partial charge on any atom is -0.493 e. The minimum absolute atomic E-state index is 0.0790. The van der Waals surface area contributed by atoms with E-state index in [2.05, 4.69) is 4.90 Å². The standard InChI is InChI=1S/C24H31N3O5/c1-30-21-10-17-6-9-25(13-18(17)11-22(21)31-2)14-19-12-20(28)23(32-3)15-27(19)16-24(29)26-7-4-5-8-26/h10-12,15H,4-9,13-14,16H2,1-3H3. The quantitative estimate of drug-likeness (QED) is 0.655. The Balaban J connectivity index is 1.56. The number of rotatable bonds is 7. The van der Waals surface area contributed by atoms with Crippen LogP contribution in [0.5, 0.6) is 17.2 Å². The highest BCUT2D eigenvalue weighted by Crippen LogP contribution is 2.33. The van der Waals surface area contributed by atoms with Crippen LogP contribution in [0.4, 0.5) is 0 Å². The monoisotopic (exact) mass is 441 g/mol. The van der Waals surface area contributed by atoms with Gasteiger partial charge in [-0.3, -0.25) is 14.5 Å². The van der Waals surface area contributed by atoms with E-state index in [1.165, 1.54) is 18.2 Å². The fraction of sp³-hybridized carbons (Fsp3) is 0.500. The van der Waals surface area contributed by atoms with Gasteiger partial charge in [0.05, 0.1) is 27.5 Å². The molecule has 0 saturated carbocycles. The Labute approximate surface area is 188 Å². The zero-order chi connectivity index (χ0) is 22.7. The van der Waals surface area contributed by atoms with Crippen molar-refractivity contribution in [2.45, 2.75) is 38.9 Å². The van der Waals surface area contributed by atoms with Crippen LogP contribution in [0.2, 0.25) is 0 Å². The average Bonchev–Trinajstić information content (AvgIpc) is 3.35. The Kier molecular flexibility index (Phi) is 6.69. The molecule has 0 atom stereocenters. The summed E-state index contributed by atoms with van der Waals surface area (Å²) in [6.07, 6.45) is 4.64. The molecule has 2 aromatic rings. The Bertz CT molecular complexity index is 1040. The third-order valence-electron chi connectivity index (χ3n) is 6.35. The number of benzene rings is 1. The van der Waals surface area contributed by atoms with E-state index in [9.17, 15) is 9.59 Å². The van der Waals surface area contributed by atoms with Crippen LogP contribution in [-0.4, -0.2) is 61.2 Å². The van der Waals surface area contributed by atoms with Crippen LogP contribution in [0.1, 0.15) is 29.7 Å². The van der Waals surface area contributed by atoms with Crippen LogP contribution in [0.15, 0.2) is 29.2 Å². The third-order valence-corrected chi connectivity index (χ3v) is 6.35. The van der Waals surface area contributed by atoms with Crippen molar-refractivity contribution in [1.82, 2.24) is 14.4 Å². The van der Waals surface area contributed by atoms with Crippen LogP contribution >= 0.6 is 0 Å². The first-order valence-corrected chi connectivity index (χ1v) is 11.0. The van der Waals surface area contributed by atoms with Crippen LogP contribution in [0.25, 0.3) is 0 Å². The van der Waals surface area contributed by atoms with Crippen molar-refractivity contribution in [3.8, 4) is 17.2 Å². The summed E-state index contributed by atoms with van der Waals surface area (Å²) < 4.78 is 18.0. The van der Waals surface area contributed by atoms with E-state index in [0.717, 1.165) is 56.9 Å². The van der Waals surface area contributed by atoms with Crippen LogP contribution in [-0.2, 0) is 30.8 Å². The molecule has 1 fully saturated rings. The first-order valence-electron chi connectivity index (χ1n) is 11.0. The molecular formula is C24H31N3O5. The summed E-state index contributed by atoms with van der Waals surface area (Å²) in [5.74, 6) is 1.79. The molecule has 32 heavy (non-hydrogen) atoms. The Morgan fingerprint density at radius 2 is 1.56 bits per heavy atom. The van der Waals surface area contributed by atoms with E-state index in [4.69, 9.17) is 14.2 Å². The molecule has 8 heteroatoms.